The molecule has 0 heterocycles. The van der Waals surface area contributed by atoms with Crippen molar-refractivity contribution in [1.29, 1.82) is 0 Å². The molecule has 14 rings (SSSR count). The molecule has 11 aromatic carbocycles. The van der Waals surface area contributed by atoms with Gasteiger partial charge in [0.2, 0.25) is 0 Å². The molecule has 364 valence electrons. The highest BCUT2D eigenvalue weighted by atomic mass is 15.1. The van der Waals surface area contributed by atoms with E-state index in [0.717, 1.165) is 22.7 Å². The van der Waals surface area contributed by atoms with Crippen molar-refractivity contribution in [2.75, 3.05) is 9.80 Å². The molecule has 3 aliphatic rings. The third-order valence-electron chi connectivity index (χ3n) is 17.4. The summed E-state index contributed by atoms with van der Waals surface area (Å²) >= 11 is 0. The number of fused-ring (bicyclic) bond motifs is 9. The smallest absolute Gasteiger partial charge is 0.0720 e. The van der Waals surface area contributed by atoms with Crippen LogP contribution in [0.3, 0.4) is 0 Å². The van der Waals surface area contributed by atoms with Gasteiger partial charge in [-0.2, -0.15) is 0 Å². The minimum Gasteiger partial charge on any atom is -0.310 e. The first-order valence-electron chi connectivity index (χ1n) is 27.8. The summed E-state index contributed by atoms with van der Waals surface area (Å²) < 4.78 is 0. The van der Waals surface area contributed by atoms with E-state index >= 15 is 0 Å². The quantitative estimate of drug-likeness (QED) is 0.126. The van der Waals surface area contributed by atoms with E-state index in [-0.39, 0.29) is 0 Å². The fourth-order valence-corrected chi connectivity index (χ4v) is 13.9. The van der Waals surface area contributed by atoms with Crippen LogP contribution in [-0.2, 0) is 5.41 Å². The molecule has 0 bridgehead atoms. The highest BCUT2D eigenvalue weighted by molar-refractivity contribution is 6.20. The fraction of sp³-hybridized carbons (Fsp3) is 0.178. The van der Waals surface area contributed by atoms with Gasteiger partial charge in [0.25, 0.3) is 0 Å². The normalized spacial score (nSPS) is 15.5. The minimum absolute atomic E-state index is 0.636. The van der Waals surface area contributed by atoms with Gasteiger partial charge in [0.05, 0.1) is 5.41 Å². The summed E-state index contributed by atoms with van der Waals surface area (Å²) in [5.41, 5.74) is 17.1. The van der Waals surface area contributed by atoms with E-state index in [4.69, 9.17) is 0 Å². The number of nitrogens with zero attached hydrogens (tertiary/aromatic N) is 2. The topological polar surface area (TPSA) is 6.48 Å². The lowest BCUT2D eigenvalue weighted by molar-refractivity contribution is 0.443. The zero-order valence-corrected chi connectivity index (χ0v) is 42.7. The lowest BCUT2D eigenvalue weighted by Gasteiger charge is -2.35. The van der Waals surface area contributed by atoms with Crippen molar-refractivity contribution in [2.24, 2.45) is 0 Å². The SMILES string of the molecule is c1ccc(N(c2ccc(C3CCCCC3)cc2)c2ccc3cc4c(cc3c2)C(c2ccccc2)(c2ccccc2)c2c-4c3ccccc3c3cc(N(c4ccccc4)c4ccc(C5CCCCC5)cc4)ccc23)cc1. The molecule has 75 heavy (non-hydrogen) atoms. The van der Waals surface area contributed by atoms with E-state index in [9.17, 15) is 0 Å². The van der Waals surface area contributed by atoms with Gasteiger partial charge in [-0.15, -0.1) is 0 Å². The largest absolute Gasteiger partial charge is 0.310 e. The Morgan fingerprint density at radius 2 is 0.747 bits per heavy atom. The Hall–Kier alpha value is -8.20. The molecule has 2 nitrogen and oxygen atoms in total. The average molecular weight is 967 g/mol. The van der Waals surface area contributed by atoms with Crippen LogP contribution in [0.25, 0.3) is 43.4 Å². The molecule has 2 saturated carbocycles. The van der Waals surface area contributed by atoms with Gasteiger partial charge >= 0.3 is 0 Å². The zero-order chi connectivity index (χ0) is 49.7. The maximum atomic E-state index is 2.55. The Morgan fingerprint density at radius 1 is 0.307 bits per heavy atom. The molecule has 2 heteroatoms. The van der Waals surface area contributed by atoms with E-state index < -0.39 is 5.41 Å². The van der Waals surface area contributed by atoms with E-state index in [0.29, 0.717) is 11.8 Å². The van der Waals surface area contributed by atoms with Crippen molar-refractivity contribution in [2.45, 2.75) is 81.5 Å². The van der Waals surface area contributed by atoms with Crippen LogP contribution >= 0.6 is 0 Å². The molecule has 0 atom stereocenters. The Balaban J connectivity index is 0.985. The predicted octanol–water partition coefficient (Wildman–Crippen LogP) is 20.5. The number of benzene rings is 11. The first-order chi connectivity index (χ1) is 37.2. The molecule has 2 fully saturated rings. The van der Waals surface area contributed by atoms with Crippen molar-refractivity contribution < 1.29 is 0 Å². The summed E-state index contributed by atoms with van der Waals surface area (Å²) in [5.74, 6) is 1.32. The fourth-order valence-electron chi connectivity index (χ4n) is 13.9. The molecule has 0 saturated heterocycles. The summed E-state index contributed by atoms with van der Waals surface area (Å²) in [6.07, 6.45) is 13.2. The molecule has 0 amide bonds. The molecule has 3 aliphatic carbocycles. The van der Waals surface area contributed by atoms with E-state index in [1.54, 1.807) is 0 Å². The van der Waals surface area contributed by atoms with Crippen molar-refractivity contribution >= 4 is 66.4 Å². The monoisotopic (exact) mass is 966 g/mol. The van der Waals surface area contributed by atoms with Crippen molar-refractivity contribution in [3.8, 4) is 11.1 Å². The van der Waals surface area contributed by atoms with Gasteiger partial charge in [-0.05, 0) is 199 Å². The van der Waals surface area contributed by atoms with Crippen molar-refractivity contribution in [3.05, 3.63) is 276 Å². The molecular formula is C73H62N2. The second kappa shape index (κ2) is 19.3. The van der Waals surface area contributed by atoms with Crippen LogP contribution in [-0.4, -0.2) is 0 Å². The summed E-state index contributed by atoms with van der Waals surface area (Å²) in [4.78, 5) is 4.90. The maximum Gasteiger partial charge on any atom is 0.0720 e. The number of anilines is 6. The Kier molecular flexibility index (Phi) is 11.7. The van der Waals surface area contributed by atoms with Gasteiger partial charge in [0, 0.05) is 34.1 Å². The number of hydrogen-bond acceptors (Lipinski definition) is 2. The lowest BCUT2D eigenvalue weighted by atomic mass is 9.66. The van der Waals surface area contributed by atoms with Crippen LogP contribution in [0.5, 0.6) is 0 Å². The maximum absolute atomic E-state index is 2.55. The molecule has 0 aliphatic heterocycles. The molecule has 0 spiro atoms. The van der Waals surface area contributed by atoms with Gasteiger partial charge in [0.1, 0.15) is 0 Å². The van der Waals surface area contributed by atoms with Gasteiger partial charge in [-0.3, -0.25) is 0 Å². The van der Waals surface area contributed by atoms with Crippen LogP contribution in [0.4, 0.5) is 34.1 Å². The Morgan fingerprint density at radius 3 is 1.28 bits per heavy atom. The molecule has 0 N–H and O–H groups in total. The van der Waals surface area contributed by atoms with Gasteiger partial charge in [-0.1, -0.05) is 196 Å². The number of rotatable bonds is 10. The second-order valence-corrected chi connectivity index (χ2v) is 21.6. The van der Waals surface area contributed by atoms with Crippen molar-refractivity contribution in [1.82, 2.24) is 0 Å². The minimum atomic E-state index is -0.636. The number of para-hydroxylation sites is 2. The van der Waals surface area contributed by atoms with Crippen molar-refractivity contribution in [3.63, 3.8) is 0 Å². The molecule has 0 aromatic heterocycles. The van der Waals surface area contributed by atoms with Gasteiger partial charge in [-0.25, -0.2) is 0 Å². The average Bonchev–Trinajstić information content (AvgIpc) is 3.92. The zero-order valence-electron chi connectivity index (χ0n) is 42.7. The molecular weight excluding hydrogens is 905 g/mol. The summed E-state index contributed by atoms with van der Waals surface area (Å²) in [6.45, 7) is 0. The first kappa shape index (κ1) is 45.4. The van der Waals surface area contributed by atoms with E-state index in [1.807, 2.05) is 0 Å². The highest BCUT2D eigenvalue weighted by Gasteiger charge is 2.48. The van der Waals surface area contributed by atoms with E-state index in [1.165, 1.54) is 152 Å². The second-order valence-electron chi connectivity index (χ2n) is 21.6. The standard InChI is InChI=1S/C73H62N2/c1-7-21-51(22-8-1)53-35-40-61(41-36-53)74(59-29-15-5-16-30-59)63-44-39-55-48-69-70(49-56(55)47-63)73(57-25-11-3-12-26-57,58-27-13-4-14-28-58)72-67-46-45-64(50-68(67)65-33-19-20-34-66(65)71(69)72)75(60-31-17-6-18-32-60)62-42-37-54(38-43-62)52-23-9-2-10-24-52/h3-6,11-20,25-52H,1-2,7-10,21-24H2. The van der Waals surface area contributed by atoms with Crippen LogP contribution < -0.4 is 9.80 Å². The highest BCUT2D eigenvalue weighted by Crippen LogP contribution is 2.61. The lowest BCUT2D eigenvalue weighted by Crippen LogP contribution is -2.29. The van der Waals surface area contributed by atoms with Gasteiger partial charge in [0.15, 0.2) is 0 Å². The summed E-state index contributed by atoms with van der Waals surface area (Å²) in [7, 11) is 0. The summed E-state index contributed by atoms with van der Waals surface area (Å²) in [5, 5.41) is 7.52. The van der Waals surface area contributed by atoms with E-state index in [2.05, 4.69) is 252 Å². The van der Waals surface area contributed by atoms with Crippen LogP contribution in [0.1, 0.15) is 109 Å². The summed E-state index contributed by atoms with van der Waals surface area (Å²) in [6, 6.07) is 92.2. The molecule has 0 radical (unpaired) electrons. The number of hydrogen-bond donors (Lipinski definition) is 0. The Labute approximate surface area is 442 Å². The van der Waals surface area contributed by atoms with Gasteiger partial charge < -0.3 is 9.80 Å². The predicted molar refractivity (Wildman–Crippen MR) is 317 cm³/mol. The molecule has 0 unspecified atom stereocenters. The van der Waals surface area contributed by atoms with Crippen LogP contribution in [0.15, 0.2) is 243 Å². The third-order valence-corrected chi connectivity index (χ3v) is 17.4. The van der Waals surface area contributed by atoms with Crippen LogP contribution in [0, 0.1) is 0 Å². The first-order valence-corrected chi connectivity index (χ1v) is 27.8. The molecule has 11 aromatic rings. The Bertz CT molecular complexity index is 3780. The van der Waals surface area contributed by atoms with Crippen LogP contribution in [0.2, 0.25) is 0 Å². The third kappa shape index (κ3) is 7.84.